The fourth-order valence-corrected chi connectivity index (χ4v) is 5.23. The van der Waals surface area contributed by atoms with E-state index < -0.39 is 11.6 Å². The van der Waals surface area contributed by atoms with Gasteiger partial charge in [-0.3, -0.25) is 9.59 Å². The number of fused-ring (bicyclic) bond motifs is 2. The fraction of sp³-hybridized carbons (Fsp3) is 0.429. The lowest BCUT2D eigenvalue weighted by Gasteiger charge is -2.45. The summed E-state index contributed by atoms with van der Waals surface area (Å²) in [7, 11) is 0. The van der Waals surface area contributed by atoms with Crippen molar-refractivity contribution in [2.75, 3.05) is 13.1 Å². The number of ether oxygens (including phenoxy) is 1. The second kappa shape index (κ2) is 10.1. The Morgan fingerprint density at radius 1 is 1.11 bits per heavy atom. The molecule has 2 aliphatic heterocycles. The minimum atomic E-state index is -1.08. The number of halogens is 1. The first kappa shape index (κ1) is 26.0. The van der Waals surface area contributed by atoms with Gasteiger partial charge in [0.25, 0.3) is 0 Å². The summed E-state index contributed by atoms with van der Waals surface area (Å²) in [6, 6.07) is 15.5. The summed E-state index contributed by atoms with van der Waals surface area (Å²) in [6.45, 7) is 4.51. The Balaban J connectivity index is 0.00000304. The average molecular weight is 511 g/mol. The van der Waals surface area contributed by atoms with E-state index in [2.05, 4.69) is 16.4 Å². The third kappa shape index (κ3) is 5.22. The number of nitrogens with zero attached hydrogens (tertiary/aromatic N) is 1. The molecule has 2 aliphatic rings. The lowest BCUT2D eigenvalue weighted by molar-refractivity contribution is -0.140. The van der Waals surface area contributed by atoms with Crippen molar-refractivity contribution in [3.8, 4) is 5.75 Å². The van der Waals surface area contributed by atoms with Crippen LogP contribution in [0.4, 0.5) is 0 Å². The van der Waals surface area contributed by atoms with Crippen molar-refractivity contribution in [1.82, 2.24) is 15.2 Å². The van der Waals surface area contributed by atoms with Crippen molar-refractivity contribution in [2.24, 2.45) is 5.73 Å². The van der Waals surface area contributed by atoms with Crippen molar-refractivity contribution in [2.45, 2.75) is 63.1 Å². The normalized spacial score (nSPS) is 17.6. The van der Waals surface area contributed by atoms with E-state index in [-0.39, 0.29) is 29.8 Å². The van der Waals surface area contributed by atoms with Gasteiger partial charge in [-0.1, -0.05) is 36.4 Å². The zero-order valence-electron chi connectivity index (χ0n) is 20.9. The van der Waals surface area contributed by atoms with Crippen molar-refractivity contribution < 1.29 is 14.3 Å². The number of aromatic nitrogens is 1. The standard InChI is InChI=1S/C28H34N4O3.ClH/c1-27(2,29)26(34)31-23(17-20-18-30-22-9-5-4-8-21(20)22)25(33)32-15-13-28(14-16-32)12-11-19-7-3-6-10-24(19)35-28;/h3-10,18,23,30H,11-17,29H2,1-2H3,(H,31,34);1H/t23-;/m1./s1. The molecule has 1 saturated heterocycles. The van der Waals surface area contributed by atoms with Crippen LogP contribution in [0.1, 0.15) is 44.2 Å². The first-order valence-corrected chi connectivity index (χ1v) is 12.4. The monoisotopic (exact) mass is 510 g/mol. The molecule has 2 aromatic carbocycles. The number of piperidine rings is 1. The van der Waals surface area contributed by atoms with E-state index in [0.717, 1.165) is 47.9 Å². The summed E-state index contributed by atoms with van der Waals surface area (Å²) in [5, 5.41) is 3.99. The molecule has 0 saturated carbocycles. The number of para-hydroxylation sites is 2. The van der Waals surface area contributed by atoms with Gasteiger partial charge in [-0.2, -0.15) is 0 Å². The van der Waals surface area contributed by atoms with Gasteiger partial charge in [-0.15, -0.1) is 12.4 Å². The number of rotatable bonds is 5. The van der Waals surface area contributed by atoms with E-state index in [1.807, 2.05) is 53.6 Å². The van der Waals surface area contributed by atoms with Crippen molar-refractivity contribution in [1.29, 1.82) is 0 Å². The molecule has 0 unspecified atom stereocenters. The van der Waals surface area contributed by atoms with E-state index in [1.54, 1.807) is 13.8 Å². The number of hydrogen-bond acceptors (Lipinski definition) is 4. The summed E-state index contributed by atoms with van der Waals surface area (Å²) in [5.74, 6) is 0.559. The zero-order chi connectivity index (χ0) is 24.6. The van der Waals surface area contributed by atoms with Gasteiger partial charge in [-0.05, 0) is 49.9 Å². The molecule has 36 heavy (non-hydrogen) atoms. The Hall–Kier alpha value is -3.03. The molecule has 3 heterocycles. The minimum absolute atomic E-state index is 0. The van der Waals surface area contributed by atoms with Gasteiger partial charge in [0.2, 0.25) is 11.8 Å². The van der Waals surface area contributed by atoms with Crippen LogP contribution >= 0.6 is 12.4 Å². The number of carbonyl (C=O) groups is 2. The maximum atomic E-state index is 13.7. The molecular formula is C28H35ClN4O3. The van der Waals surface area contributed by atoms with Gasteiger partial charge in [0, 0.05) is 49.5 Å². The highest BCUT2D eigenvalue weighted by atomic mass is 35.5. The number of H-pyrrole nitrogens is 1. The molecule has 4 N–H and O–H groups in total. The molecule has 8 heteroatoms. The molecule has 3 aromatic rings. The maximum Gasteiger partial charge on any atom is 0.245 e. The van der Waals surface area contributed by atoms with Gasteiger partial charge in [0.1, 0.15) is 17.4 Å². The summed E-state index contributed by atoms with van der Waals surface area (Å²) in [5.41, 5.74) is 8.00. The fourth-order valence-electron chi connectivity index (χ4n) is 5.23. The third-order valence-corrected chi connectivity index (χ3v) is 7.42. The largest absolute Gasteiger partial charge is 0.487 e. The van der Waals surface area contributed by atoms with Crippen LogP contribution in [-0.2, 0) is 22.4 Å². The van der Waals surface area contributed by atoms with Gasteiger partial charge >= 0.3 is 0 Å². The molecule has 7 nitrogen and oxygen atoms in total. The molecule has 0 aliphatic carbocycles. The van der Waals surface area contributed by atoms with E-state index in [0.29, 0.717) is 19.5 Å². The van der Waals surface area contributed by atoms with E-state index in [1.165, 1.54) is 5.56 Å². The Labute approximate surface area is 218 Å². The summed E-state index contributed by atoms with van der Waals surface area (Å²) in [4.78, 5) is 31.6. The molecule has 1 fully saturated rings. The highest BCUT2D eigenvalue weighted by Gasteiger charge is 2.41. The van der Waals surface area contributed by atoms with E-state index in [9.17, 15) is 9.59 Å². The number of carbonyl (C=O) groups excluding carboxylic acids is 2. The SMILES string of the molecule is CC(C)(N)C(=O)N[C@H](Cc1c[nH]c2ccccc12)C(=O)N1CCC2(CCc3ccccc3O2)CC1.Cl. The minimum Gasteiger partial charge on any atom is -0.487 e. The van der Waals surface area contributed by atoms with Gasteiger partial charge < -0.3 is 25.7 Å². The molecular weight excluding hydrogens is 476 g/mol. The molecule has 0 radical (unpaired) electrons. The van der Waals surface area contributed by atoms with Crippen molar-refractivity contribution in [3.05, 3.63) is 65.9 Å². The van der Waals surface area contributed by atoms with Crippen LogP contribution in [0.3, 0.4) is 0 Å². The number of benzene rings is 2. The van der Waals surface area contributed by atoms with Crippen LogP contribution in [0.25, 0.3) is 10.9 Å². The van der Waals surface area contributed by atoms with E-state index >= 15 is 0 Å². The second-order valence-electron chi connectivity index (χ2n) is 10.5. The van der Waals surface area contributed by atoms with Crippen molar-refractivity contribution in [3.63, 3.8) is 0 Å². The predicted octanol–water partition coefficient (Wildman–Crippen LogP) is 3.74. The summed E-state index contributed by atoms with van der Waals surface area (Å²) < 4.78 is 6.46. The highest BCUT2D eigenvalue weighted by molar-refractivity contribution is 5.92. The quantitative estimate of drug-likeness (QED) is 0.486. The van der Waals surface area contributed by atoms with Gasteiger partial charge in [0.15, 0.2) is 0 Å². The molecule has 1 aromatic heterocycles. The molecule has 1 atom stereocenters. The topological polar surface area (TPSA) is 100 Å². The number of aromatic amines is 1. The zero-order valence-corrected chi connectivity index (χ0v) is 21.7. The Bertz CT molecular complexity index is 1240. The Kier molecular flexibility index (Phi) is 7.34. The molecule has 192 valence electrons. The van der Waals surface area contributed by atoms with Crippen LogP contribution in [0, 0.1) is 0 Å². The number of hydrogen-bond donors (Lipinski definition) is 3. The molecule has 5 rings (SSSR count). The highest BCUT2D eigenvalue weighted by Crippen LogP contribution is 2.39. The molecule has 2 amide bonds. The smallest absolute Gasteiger partial charge is 0.245 e. The average Bonchev–Trinajstić information content (AvgIpc) is 3.26. The molecule has 0 bridgehead atoms. The number of likely N-dealkylation sites (tertiary alicyclic amines) is 1. The first-order valence-electron chi connectivity index (χ1n) is 12.4. The van der Waals surface area contributed by atoms with Crippen LogP contribution in [0.2, 0.25) is 0 Å². The Morgan fingerprint density at radius 3 is 2.56 bits per heavy atom. The summed E-state index contributed by atoms with van der Waals surface area (Å²) >= 11 is 0. The van der Waals surface area contributed by atoms with Crippen LogP contribution in [0.5, 0.6) is 5.75 Å². The van der Waals surface area contributed by atoms with Crippen LogP contribution < -0.4 is 15.8 Å². The lowest BCUT2D eigenvalue weighted by atomic mass is 9.83. The van der Waals surface area contributed by atoms with Gasteiger partial charge in [-0.25, -0.2) is 0 Å². The first-order chi connectivity index (χ1) is 16.7. The number of nitrogens with two attached hydrogens (primary N) is 1. The van der Waals surface area contributed by atoms with Crippen LogP contribution in [0.15, 0.2) is 54.7 Å². The summed E-state index contributed by atoms with van der Waals surface area (Å²) in [6.07, 6.45) is 5.84. The van der Waals surface area contributed by atoms with Crippen LogP contribution in [-0.4, -0.2) is 52.0 Å². The lowest BCUT2D eigenvalue weighted by Crippen LogP contribution is -2.59. The van der Waals surface area contributed by atoms with Gasteiger partial charge in [0.05, 0.1) is 5.54 Å². The third-order valence-electron chi connectivity index (χ3n) is 7.42. The van der Waals surface area contributed by atoms with Crippen molar-refractivity contribution >= 4 is 35.1 Å². The predicted molar refractivity (Wildman–Crippen MR) is 143 cm³/mol. The Morgan fingerprint density at radius 2 is 1.81 bits per heavy atom. The molecule has 1 spiro atoms. The number of amides is 2. The maximum absolute atomic E-state index is 13.7. The van der Waals surface area contributed by atoms with E-state index in [4.69, 9.17) is 10.5 Å². The second-order valence-corrected chi connectivity index (χ2v) is 10.5. The number of nitrogens with one attached hydrogen (secondary N) is 2. The number of aryl methyl sites for hydroxylation is 1.